The van der Waals surface area contributed by atoms with Crippen LogP contribution in [0.25, 0.3) is 0 Å². The van der Waals surface area contributed by atoms with E-state index in [4.69, 9.17) is 10.5 Å². The third kappa shape index (κ3) is 4.30. The fourth-order valence-corrected chi connectivity index (χ4v) is 1.26. The molecular formula is C12H17FN2O2. The molecule has 5 heteroatoms. The highest BCUT2D eigenvalue weighted by Gasteiger charge is 2.05. The number of carbonyl (C=O) groups excluding carboxylic acids is 1. The molecule has 0 heterocycles. The summed E-state index contributed by atoms with van der Waals surface area (Å²) >= 11 is 0. The Labute approximate surface area is 100 Å². The predicted octanol–water partition coefficient (Wildman–Crippen LogP) is 1.66. The summed E-state index contributed by atoms with van der Waals surface area (Å²) in [7, 11) is 3.40. The van der Waals surface area contributed by atoms with Crippen LogP contribution in [-0.4, -0.2) is 31.5 Å². The molecule has 1 amide bonds. The molecule has 17 heavy (non-hydrogen) atoms. The van der Waals surface area contributed by atoms with Crippen molar-refractivity contribution in [3.8, 4) is 5.75 Å². The van der Waals surface area contributed by atoms with E-state index in [2.05, 4.69) is 0 Å². The van der Waals surface area contributed by atoms with Gasteiger partial charge in [0.05, 0.1) is 12.3 Å². The molecule has 0 unspecified atom stereocenters. The van der Waals surface area contributed by atoms with Crippen LogP contribution in [0.5, 0.6) is 5.75 Å². The predicted molar refractivity (Wildman–Crippen MR) is 64.2 cm³/mol. The Balaban J connectivity index is 2.36. The molecular weight excluding hydrogens is 223 g/mol. The highest BCUT2D eigenvalue weighted by Crippen LogP contribution is 2.22. The van der Waals surface area contributed by atoms with Crippen molar-refractivity contribution in [2.75, 3.05) is 26.4 Å². The molecule has 0 bridgehead atoms. The number of benzene rings is 1. The van der Waals surface area contributed by atoms with Gasteiger partial charge in [0.2, 0.25) is 5.91 Å². The maximum absolute atomic E-state index is 12.9. The molecule has 0 saturated heterocycles. The van der Waals surface area contributed by atoms with Crippen molar-refractivity contribution >= 4 is 11.6 Å². The Hall–Kier alpha value is -1.78. The zero-order chi connectivity index (χ0) is 12.8. The van der Waals surface area contributed by atoms with Crippen molar-refractivity contribution in [1.82, 2.24) is 4.90 Å². The fraction of sp³-hybridized carbons (Fsp3) is 0.417. The van der Waals surface area contributed by atoms with E-state index in [1.54, 1.807) is 14.1 Å². The zero-order valence-electron chi connectivity index (χ0n) is 10.1. The second kappa shape index (κ2) is 6.08. The second-order valence-electron chi connectivity index (χ2n) is 3.92. The number of halogens is 1. The molecule has 0 aliphatic heterocycles. The SMILES string of the molecule is CN(C)C(=O)CCCOc1cc(F)ccc1N. The summed E-state index contributed by atoms with van der Waals surface area (Å²) in [5.74, 6) is -0.0262. The first-order valence-corrected chi connectivity index (χ1v) is 5.38. The molecule has 0 fully saturated rings. The molecule has 0 aliphatic rings. The van der Waals surface area contributed by atoms with Crippen LogP contribution in [0.15, 0.2) is 18.2 Å². The van der Waals surface area contributed by atoms with Crippen LogP contribution in [0, 0.1) is 5.82 Å². The molecule has 2 N–H and O–H groups in total. The van der Waals surface area contributed by atoms with Gasteiger partial charge >= 0.3 is 0 Å². The van der Waals surface area contributed by atoms with Gasteiger partial charge in [-0.3, -0.25) is 4.79 Å². The Morgan fingerprint density at radius 1 is 1.47 bits per heavy atom. The van der Waals surface area contributed by atoms with Crippen molar-refractivity contribution in [2.24, 2.45) is 0 Å². The Bertz CT molecular complexity index is 394. The van der Waals surface area contributed by atoms with Gasteiger partial charge in [0, 0.05) is 26.6 Å². The number of nitrogen functional groups attached to an aromatic ring is 1. The van der Waals surface area contributed by atoms with Crippen molar-refractivity contribution < 1.29 is 13.9 Å². The van der Waals surface area contributed by atoms with Crippen LogP contribution in [0.2, 0.25) is 0 Å². The highest BCUT2D eigenvalue weighted by molar-refractivity contribution is 5.75. The normalized spacial score (nSPS) is 10.1. The topological polar surface area (TPSA) is 55.6 Å². The Morgan fingerprint density at radius 2 is 2.18 bits per heavy atom. The lowest BCUT2D eigenvalue weighted by molar-refractivity contribution is -0.128. The number of amides is 1. The van der Waals surface area contributed by atoms with Crippen LogP contribution in [0.1, 0.15) is 12.8 Å². The first kappa shape index (κ1) is 13.3. The lowest BCUT2D eigenvalue weighted by atomic mass is 10.3. The molecule has 0 aliphatic carbocycles. The number of nitrogens with two attached hydrogens (primary N) is 1. The summed E-state index contributed by atoms with van der Waals surface area (Å²) in [6, 6.07) is 3.97. The van der Waals surface area contributed by atoms with Crippen molar-refractivity contribution in [2.45, 2.75) is 12.8 Å². The average Bonchev–Trinajstić information content (AvgIpc) is 2.28. The van der Waals surface area contributed by atoms with Gasteiger partial charge in [-0.05, 0) is 18.6 Å². The lowest BCUT2D eigenvalue weighted by Gasteiger charge is -2.11. The quantitative estimate of drug-likeness (QED) is 0.629. The summed E-state index contributed by atoms with van der Waals surface area (Å²) in [5.41, 5.74) is 6.01. The zero-order valence-corrected chi connectivity index (χ0v) is 10.1. The number of rotatable bonds is 5. The van der Waals surface area contributed by atoms with Gasteiger partial charge in [-0.1, -0.05) is 0 Å². The highest BCUT2D eigenvalue weighted by atomic mass is 19.1. The maximum Gasteiger partial charge on any atom is 0.222 e. The lowest BCUT2D eigenvalue weighted by Crippen LogP contribution is -2.21. The minimum atomic E-state index is -0.390. The third-order valence-electron chi connectivity index (χ3n) is 2.27. The van der Waals surface area contributed by atoms with E-state index in [1.807, 2.05) is 0 Å². The molecule has 1 aromatic rings. The van der Waals surface area contributed by atoms with E-state index in [0.29, 0.717) is 30.9 Å². The van der Waals surface area contributed by atoms with E-state index >= 15 is 0 Å². The van der Waals surface area contributed by atoms with E-state index in [0.717, 1.165) is 0 Å². The first-order valence-electron chi connectivity index (χ1n) is 5.38. The summed E-state index contributed by atoms with van der Waals surface area (Å²) in [6.07, 6.45) is 0.981. The first-order chi connectivity index (χ1) is 8.00. The number of nitrogens with zero attached hydrogens (tertiary/aromatic N) is 1. The van der Waals surface area contributed by atoms with Gasteiger partial charge in [-0.25, -0.2) is 4.39 Å². The third-order valence-corrected chi connectivity index (χ3v) is 2.27. The molecule has 0 radical (unpaired) electrons. The molecule has 0 saturated carbocycles. The Kier molecular flexibility index (Phi) is 4.75. The molecule has 4 nitrogen and oxygen atoms in total. The average molecular weight is 240 g/mol. The van der Waals surface area contributed by atoms with Crippen LogP contribution in [-0.2, 0) is 4.79 Å². The van der Waals surface area contributed by atoms with Gasteiger partial charge < -0.3 is 15.4 Å². The van der Waals surface area contributed by atoms with Gasteiger partial charge in [-0.2, -0.15) is 0 Å². The van der Waals surface area contributed by atoms with E-state index in [9.17, 15) is 9.18 Å². The van der Waals surface area contributed by atoms with Crippen molar-refractivity contribution in [1.29, 1.82) is 0 Å². The Morgan fingerprint density at radius 3 is 2.82 bits per heavy atom. The second-order valence-corrected chi connectivity index (χ2v) is 3.92. The van der Waals surface area contributed by atoms with Gasteiger partial charge in [0.25, 0.3) is 0 Å². The van der Waals surface area contributed by atoms with Crippen LogP contribution >= 0.6 is 0 Å². The van der Waals surface area contributed by atoms with E-state index in [-0.39, 0.29) is 5.91 Å². The number of ether oxygens (including phenoxy) is 1. The monoisotopic (exact) mass is 240 g/mol. The molecule has 1 aromatic carbocycles. The van der Waals surface area contributed by atoms with Crippen LogP contribution < -0.4 is 10.5 Å². The maximum atomic E-state index is 12.9. The summed E-state index contributed by atoms with van der Waals surface area (Å²) in [6.45, 7) is 0.341. The number of hydrogen-bond donors (Lipinski definition) is 1. The number of anilines is 1. The minimum absolute atomic E-state index is 0.0424. The molecule has 0 spiro atoms. The van der Waals surface area contributed by atoms with E-state index < -0.39 is 5.82 Å². The molecule has 1 rings (SSSR count). The summed E-state index contributed by atoms with van der Waals surface area (Å²) in [5, 5.41) is 0. The van der Waals surface area contributed by atoms with E-state index in [1.165, 1.54) is 23.1 Å². The van der Waals surface area contributed by atoms with Crippen LogP contribution in [0.3, 0.4) is 0 Å². The van der Waals surface area contributed by atoms with Crippen LogP contribution in [0.4, 0.5) is 10.1 Å². The van der Waals surface area contributed by atoms with Gasteiger partial charge in [-0.15, -0.1) is 0 Å². The number of hydrogen-bond acceptors (Lipinski definition) is 3. The molecule has 94 valence electrons. The molecule has 0 atom stereocenters. The minimum Gasteiger partial charge on any atom is -0.491 e. The molecule has 0 aromatic heterocycles. The van der Waals surface area contributed by atoms with Gasteiger partial charge in [0.15, 0.2) is 0 Å². The fourth-order valence-electron chi connectivity index (χ4n) is 1.26. The van der Waals surface area contributed by atoms with Gasteiger partial charge in [0.1, 0.15) is 11.6 Å². The summed E-state index contributed by atoms with van der Waals surface area (Å²) in [4.78, 5) is 12.8. The van der Waals surface area contributed by atoms with Crippen molar-refractivity contribution in [3.05, 3.63) is 24.0 Å². The number of carbonyl (C=O) groups is 1. The largest absolute Gasteiger partial charge is 0.491 e. The smallest absolute Gasteiger partial charge is 0.222 e. The standard InChI is InChI=1S/C12H17FN2O2/c1-15(2)12(16)4-3-7-17-11-8-9(13)5-6-10(11)14/h5-6,8H,3-4,7,14H2,1-2H3. The summed E-state index contributed by atoms with van der Waals surface area (Å²) < 4.78 is 18.2. The van der Waals surface area contributed by atoms with Crippen molar-refractivity contribution in [3.63, 3.8) is 0 Å².